The molecule has 2 aromatic carbocycles. The molecule has 0 aliphatic heterocycles. The highest BCUT2D eigenvalue weighted by Crippen LogP contribution is 2.22. The molecule has 2 rings (SSSR count). The number of carbonyl (C=O) groups is 2. The Morgan fingerprint density at radius 3 is 2.36 bits per heavy atom. The second-order valence-corrected chi connectivity index (χ2v) is 10.9. The zero-order valence-electron chi connectivity index (χ0n) is 22.0. The van der Waals surface area contributed by atoms with Gasteiger partial charge in [0.15, 0.2) is 0 Å². The lowest BCUT2D eigenvalue weighted by Gasteiger charge is -2.29. The van der Waals surface area contributed by atoms with Crippen LogP contribution in [-0.2, 0) is 26.2 Å². The highest BCUT2D eigenvalue weighted by atomic mass is 32.2. The Morgan fingerprint density at radius 1 is 1.08 bits per heavy atom. The SMILES string of the molecule is CCCCNC(=O)[C@H](C)N(Cc1cccc(C)c1)C(=O)CCCN(c1ccc(OC)cc1)S(C)(=O)=O. The van der Waals surface area contributed by atoms with E-state index >= 15 is 0 Å². The largest absolute Gasteiger partial charge is 0.497 e. The molecular weight excluding hydrogens is 478 g/mol. The van der Waals surface area contributed by atoms with E-state index in [-0.39, 0.29) is 24.8 Å². The van der Waals surface area contributed by atoms with Crippen LogP contribution in [0.3, 0.4) is 0 Å². The van der Waals surface area contributed by atoms with Crippen LogP contribution >= 0.6 is 0 Å². The van der Waals surface area contributed by atoms with E-state index in [9.17, 15) is 18.0 Å². The van der Waals surface area contributed by atoms with Gasteiger partial charge < -0.3 is 15.0 Å². The summed E-state index contributed by atoms with van der Waals surface area (Å²) in [5.41, 5.74) is 2.52. The molecule has 0 spiro atoms. The number of nitrogens with zero attached hydrogens (tertiary/aromatic N) is 2. The Balaban J connectivity index is 2.14. The molecule has 2 aromatic rings. The minimum absolute atomic E-state index is 0.112. The predicted octanol–water partition coefficient (Wildman–Crippen LogP) is 3.88. The molecule has 1 N–H and O–H groups in total. The lowest BCUT2D eigenvalue weighted by Crippen LogP contribution is -2.48. The van der Waals surface area contributed by atoms with Gasteiger partial charge in [-0.15, -0.1) is 0 Å². The quantitative estimate of drug-likeness (QED) is 0.384. The number of rotatable bonds is 14. The number of nitrogens with one attached hydrogen (secondary N) is 1. The molecule has 8 nitrogen and oxygen atoms in total. The average Bonchev–Trinajstić information content (AvgIpc) is 2.84. The van der Waals surface area contributed by atoms with E-state index in [1.165, 1.54) is 4.31 Å². The number of unbranched alkanes of at least 4 members (excludes halogenated alkanes) is 1. The summed E-state index contributed by atoms with van der Waals surface area (Å²) < 4.78 is 31.3. The molecule has 0 aromatic heterocycles. The minimum atomic E-state index is -3.55. The van der Waals surface area contributed by atoms with E-state index in [1.54, 1.807) is 43.2 Å². The van der Waals surface area contributed by atoms with Crippen LogP contribution in [0.2, 0.25) is 0 Å². The van der Waals surface area contributed by atoms with Crippen molar-refractivity contribution in [3.63, 3.8) is 0 Å². The molecule has 0 bridgehead atoms. The highest BCUT2D eigenvalue weighted by molar-refractivity contribution is 7.92. The molecule has 0 fully saturated rings. The molecule has 9 heteroatoms. The lowest BCUT2D eigenvalue weighted by atomic mass is 10.1. The van der Waals surface area contributed by atoms with Crippen molar-refractivity contribution in [1.29, 1.82) is 0 Å². The molecule has 0 unspecified atom stereocenters. The van der Waals surface area contributed by atoms with Crippen molar-refractivity contribution in [2.75, 3.05) is 30.8 Å². The van der Waals surface area contributed by atoms with Crippen molar-refractivity contribution in [3.05, 3.63) is 59.7 Å². The Kier molecular flexibility index (Phi) is 11.2. The Labute approximate surface area is 215 Å². The maximum absolute atomic E-state index is 13.3. The molecule has 2 amide bonds. The third-order valence-electron chi connectivity index (χ3n) is 5.94. The van der Waals surface area contributed by atoms with E-state index in [2.05, 4.69) is 12.2 Å². The standard InChI is InChI=1S/C27H39N3O5S/c1-6-7-17-28-27(32)22(3)29(20-23-11-8-10-21(2)19-23)26(31)12-9-18-30(36(5,33)34)24-13-15-25(35-4)16-14-24/h8,10-11,13-16,19,22H,6-7,9,12,17-18,20H2,1-5H3,(H,28,32)/t22-/m0/s1. The van der Waals surface area contributed by atoms with E-state index in [4.69, 9.17) is 4.74 Å². The first-order valence-corrected chi connectivity index (χ1v) is 14.2. The van der Waals surface area contributed by atoms with Crippen molar-refractivity contribution >= 4 is 27.5 Å². The normalized spacial score (nSPS) is 12.0. The highest BCUT2D eigenvalue weighted by Gasteiger charge is 2.26. The van der Waals surface area contributed by atoms with Crippen LogP contribution in [0.5, 0.6) is 5.75 Å². The summed E-state index contributed by atoms with van der Waals surface area (Å²) in [6.07, 6.45) is 3.40. The molecule has 1 atom stereocenters. The maximum Gasteiger partial charge on any atom is 0.242 e. The van der Waals surface area contributed by atoms with Crippen molar-refractivity contribution in [3.8, 4) is 5.75 Å². The molecule has 0 aliphatic rings. The average molecular weight is 518 g/mol. The molecule has 0 saturated heterocycles. The zero-order valence-corrected chi connectivity index (χ0v) is 22.8. The topological polar surface area (TPSA) is 96.0 Å². The smallest absolute Gasteiger partial charge is 0.242 e. The number of hydrogen-bond donors (Lipinski definition) is 1. The Bertz CT molecular complexity index is 1100. The van der Waals surface area contributed by atoms with Crippen LogP contribution in [0.1, 0.15) is 50.7 Å². The number of carbonyl (C=O) groups excluding carboxylic acids is 2. The molecule has 198 valence electrons. The van der Waals surface area contributed by atoms with Gasteiger partial charge in [-0.25, -0.2) is 8.42 Å². The molecule has 0 saturated carbocycles. The van der Waals surface area contributed by atoms with Crippen LogP contribution in [0.4, 0.5) is 5.69 Å². The van der Waals surface area contributed by atoms with E-state index in [1.807, 2.05) is 31.2 Å². The summed E-state index contributed by atoms with van der Waals surface area (Å²) in [4.78, 5) is 27.7. The van der Waals surface area contributed by atoms with Gasteiger partial charge in [0.25, 0.3) is 0 Å². The summed E-state index contributed by atoms with van der Waals surface area (Å²) in [5.74, 6) is 0.235. The van der Waals surface area contributed by atoms with Crippen LogP contribution in [0.25, 0.3) is 0 Å². The molecule has 0 aliphatic carbocycles. The third kappa shape index (κ3) is 8.86. The van der Waals surface area contributed by atoms with Gasteiger partial charge in [-0.05, 0) is 56.5 Å². The first-order valence-electron chi connectivity index (χ1n) is 12.3. The van der Waals surface area contributed by atoms with Crippen molar-refractivity contribution in [2.45, 2.75) is 59.0 Å². The van der Waals surface area contributed by atoms with E-state index < -0.39 is 16.1 Å². The van der Waals surface area contributed by atoms with Crippen LogP contribution in [0, 0.1) is 6.92 Å². The van der Waals surface area contributed by atoms with Gasteiger partial charge in [0.2, 0.25) is 21.8 Å². The van der Waals surface area contributed by atoms with Crippen molar-refractivity contribution in [2.24, 2.45) is 0 Å². The van der Waals surface area contributed by atoms with Gasteiger partial charge in [0.05, 0.1) is 19.1 Å². The van der Waals surface area contributed by atoms with Crippen LogP contribution < -0.4 is 14.4 Å². The van der Waals surface area contributed by atoms with Gasteiger partial charge in [-0.3, -0.25) is 13.9 Å². The number of sulfonamides is 1. The van der Waals surface area contributed by atoms with Crippen molar-refractivity contribution < 1.29 is 22.7 Å². The maximum atomic E-state index is 13.3. The van der Waals surface area contributed by atoms with Crippen LogP contribution in [0.15, 0.2) is 48.5 Å². The van der Waals surface area contributed by atoms with Gasteiger partial charge >= 0.3 is 0 Å². The minimum Gasteiger partial charge on any atom is -0.497 e. The second-order valence-electron chi connectivity index (χ2n) is 8.97. The summed E-state index contributed by atoms with van der Waals surface area (Å²) in [6, 6.07) is 13.9. The number of anilines is 1. The third-order valence-corrected chi connectivity index (χ3v) is 7.14. The lowest BCUT2D eigenvalue weighted by molar-refractivity contribution is -0.140. The van der Waals surface area contributed by atoms with Gasteiger partial charge in [-0.1, -0.05) is 43.2 Å². The number of aryl methyl sites for hydroxylation is 1. The van der Waals surface area contributed by atoms with E-state index in [0.717, 1.165) is 30.2 Å². The monoisotopic (exact) mass is 517 g/mol. The number of amides is 2. The molecular formula is C27H39N3O5S. The fraction of sp³-hybridized carbons (Fsp3) is 0.481. The molecule has 0 heterocycles. The number of methoxy groups -OCH3 is 1. The first-order chi connectivity index (χ1) is 17.1. The van der Waals surface area contributed by atoms with Crippen LogP contribution in [-0.4, -0.2) is 57.6 Å². The fourth-order valence-corrected chi connectivity index (χ4v) is 4.84. The summed E-state index contributed by atoms with van der Waals surface area (Å²) >= 11 is 0. The summed E-state index contributed by atoms with van der Waals surface area (Å²) in [6.45, 7) is 6.78. The number of ether oxygens (including phenoxy) is 1. The molecule has 0 radical (unpaired) electrons. The van der Waals surface area contributed by atoms with Crippen molar-refractivity contribution in [1.82, 2.24) is 10.2 Å². The molecule has 36 heavy (non-hydrogen) atoms. The summed E-state index contributed by atoms with van der Waals surface area (Å²) in [7, 11) is -2.00. The number of benzene rings is 2. The number of hydrogen-bond acceptors (Lipinski definition) is 5. The van der Waals surface area contributed by atoms with Gasteiger partial charge in [0.1, 0.15) is 11.8 Å². The van der Waals surface area contributed by atoms with Gasteiger partial charge in [-0.2, -0.15) is 0 Å². The second kappa shape index (κ2) is 13.9. The van der Waals surface area contributed by atoms with Gasteiger partial charge in [0, 0.05) is 26.1 Å². The first kappa shape index (κ1) is 29.2. The fourth-order valence-electron chi connectivity index (χ4n) is 3.88. The predicted molar refractivity (Wildman–Crippen MR) is 144 cm³/mol. The Hall–Kier alpha value is -3.07. The Morgan fingerprint density at radius 2 is 1.78 bits per heavy atom. The summed E-state index contributed by atoms with van der Waals surface area (Å²) in [5, 5.41) is 2.91. The zero-order chi connectivity index (χ0) is 26.7. The van der Waals surface area contributed by atoms with E-state index in [0.29, 0.717) is 30.9 Å².